The summed E-state index contributed by atoms with van der Waals surface area (Å²) in [5.41, 5.74) is 2.52. The van der Waals surface area contributed by atoms with E-state index < -0.39 is 5.97 Å². The number of ether oxygens (including phenoxy) is 1. The lowest BCUT2D eigenvalue weighted by molar-refractivity contribution is -0.138. The van der Waals surface area contributed by atoms with Gasteiger partial charge in [0.2, 0.25) is 11.8 Å². The second kappa shape index (κ2) is 13.1. The summed E-state index contributed by atoms with van der Waals surface area (Å²) in [5, 5.41) is 10.2. The van der Waals surface area contributed by atoms with Gasteiger partial charge in [-0.3, -0.25) is 9.69 Å². The molecule has 0 amide bonds. The highest BCUT2D eigenvalue weighted by molar-refractivity contribution is 6.35. The highest BCUT2D eigenvalue weighted by Gasteiger charge is 2.22. The number of pyridine rings is 1. The van der Waals surface area contributed by atoms with E-state index in [1.54, 1.807) is 18.5 Å². The van der Waals surface area contributed by atoms with E-state index in [-0.39, 0.29) is 12.3 Å². The fourth-order valence-electron chi connectivity index (χ4n) is 5.32. The van der Waals surface area contributed by atoms with Crippen LogP contribution in [0.1, 0.15) is 31.7 Å². The van der Waals surface area contributed by atoms with Crippen LogP contribution in [0.25, 0.3) is 11.3 Å². The first kappa shape index (κ1) is 28.5. The van der Waals surface area contributed by atoms with Crippen LogP contribution in [0.3, 0.4) is 0 Å². The standard InChI is InChI=1S/C29H34Cl2N6O3/c1-2-35-7-9-37(10-8-35)29-32-17-25(18-33-29)40-27-12-21(19-36-5-3-20(4-6-36)13-28(38)39)11-26(34-27)22-14-23(30)16-24(31)15-22/h11-12,14-18,20H,2-10,13,19H2,1H3,(H,38,39). The smallest absolute Gasteiger partial charge is 0.303 e. The first-order valence-electron chi connectivity index (χ1n) is 13.7. The maximum absolute atomic E-state index is 11.1. The SMILES string of the molecule is CCN1CCN(c2ncc(Oc3cc(CN4CCC(CC(=O)O)CC4)cc(-c4cc(Cl)cc(Cl)c4)n3)cn2)CC1. The summed E-state index contributed by atoms with van der Waals surface area (Å²) in [4.78, 5) is 31.9. The molecule has 1 aromatic carbocycles. The van der Waals surface area contributed by atoms with E-state index in [0.29, 0.717) is 39.9 Å². The average molecular weight is 586 g/mol. The van der Waals surface area contributed by atoms with Gasteiger partial charge in [-0.25, -0.2) is 15.0 Å². The molecular formula is C29H34Cl2N6O3. The monoisotopic (exact) mass is 584 g/mol. The third kappa shape index (κ3) is 7.60. The quantitative estimate of drug-likeness (QED) is 0.351. The normalized spacial score (nSPS) is 17.2. The van der Waals surface area contributed by atoms with Gasteiger partial charge >= 0.3 is 5.97 Å². The van der Waals surface area contributed by atoms with E-state index >= 15 is 0 Å². The van der Waals surface area contributed by atoms with Gasteiger partial charge in [0.25, 0.3) is 0 Å². The Balaban J connectivity index is 1.33. The lowest BCUT2D eigenvalue weighted by Crippen LogP contribution is -2.46. The predicted octanol–water partition coefficient (Wildman–Crippen LogP) is 5.47. The summed E-state index contributed by atoms with van der Waals surface area (Å²) >= 11 is 12.6. The van der Waals surface area contributed by atoms with Crippen LogP contribution < -0.4 is 9.64 Å². The number of anilines is 1. The molecule has 4 heterocycles. The number of aliphatic carboxylic acids is 1. The number of rotatable bonds is 9. The number of hydrogen-bond acceptors (Lipinski definition) is 8. The molecule has 0 radical (unpaired) electrons. The predicted molar refractivity (Wildman–Crippen MR) is 156 cm³/mol. The summed E-state index contributed by atoms with van der Waals surface area (Å²) in [6.07, 6.45) is 5.35. The van der Waals surface area contributed by atoms with Gasteiger partial charge in [-0.1, -0.05) is 30.1 Å². The summed E-state index contributed by atoms with van der Waals surface area (Å²) in [6.45, 7) is 9.42. The molecule has 9 nitrogen and oxygen atoms in total. The van der Waals surface area contributed by atoms with Crippen molar-refractivity contribution in [3.8, 4) is 22.9 Å². The Bertz CT molecular complexity index is 1290. The van der Waals surface area contributed by atoms with E-state index in [4.69, 9.17) is 38.0 Å². The summed E-state index contributed by atoms with van der Waals surface area (Å²) in [5.74, 6) is 1.14. The van der Waals surface area contributed by atoms with E-state index in [9.17, 15) is 4.79 Å². The lowest BCUT2D eigenvalue weighted by atomic mass is 9.93. The van der Waals surface area contributed by atoms with Crippen LogP contribution in [0, 0.1) is 5.92 Å². The number of carboxylic acid groups (broad SMARTS) is 1. The fraction of sp³-hybridized carbons (Fsp3) is 0.448. The van der Waals surface area contributed by atoms with Crippen molar-refractivity contribution in [1.29, 1.82) is 0 Å². The van der Waals surface area contributed by atoms with Crippen molar-refractivity contribution in [2.45, 2.75) is 32.7 Å². The molecule has 2 aliphatic rings. The molecule has 0 atom stereocenters. The van der Waals surface area contributed by atoms with Gasteiger partial charge in [0, 0.05) is 60.8 Å². The van der Waals surface area contributed by atoms with Gasteiger partial charge in [-0.05, 0) is 68.2 Å². The number of nitrogens with zero attached hydrogens (tertiary/aromatic N) is 6. The van der Waals surface area contributed by atoms with Crippen molar-refractivity contribution in [3.05, 3.63) is 58.3 Å². The molecule has 0 aliphatic carbocycles. The van der Waals surface area contributed by atoms with E-state index in [2.05, 4.69) is 31.6 Å². The minimum atomic E-state index is -0.727. The Morgan fingerprint density at radius 1 is 0.950 bits per heavy atom. The second-order valence-corrected chi connectivity index (χ2v) is 11.3. The Hall–Kier alpha value is -2.98. The molecule has 2 saturated heterocycles. The van der Waals surface area contributed by atoms with Crippen molar-refractivity contribution in [2.24, 2.45) is 5.92 Å². The number of hydrogen-bond donors (Lipinski definition) is 1. The van der Waals surface area contributed by atoms with Crippen LogP contribution in [-0.4, -0.2) is 81.6 Å². The molecule has 2 fully saturated rings. The van der Waals surface area contributed by atoms with Gasteiger partial charge in [0.1, 0.15) is 0 Å². The zero-order valence-electron chi connectivity index (χ0n) is 22.6. The highest BCUT2D eigenvalue weighted by Crippen LogP contribution is 2.31. The lowest BCUT2D eigenvalue weighted by Gasteiger charge is -2.33. The fourth-order valence-corrected chi connectivity index (χ4v) is 5.84. The van der Waals surface area contributed by atoms with Gasteiger partial charge in [0.15, 0.2) is 5.75 Å². The summed E-state index contributed by atoms with van der Waals surface area (Å²) in [6, 6.07) is 9.30. The molecule has 3 aromatic rings. The number of carboxylic acids is 1. The molecule has 1 N–H and O–H groups in total. The van der Waals surface area contributed by atoms with Crippen molar-refractivity contribution in [3.63, 3.8) is 0 Å². The number of carbonyl (C=O) groups is 1. The molecule has 0 unspecified atom stereocenters. The first-order chi connectivity index (χ1) is 19.3. The van der Waals surface area contributed by atoms with Crippen LogP contribution in [0.4, 0.5) is 5.95 Å². The maximum atomic E-state index is 11.1. The number of halogens is 2. The third-order valence-electron chi connectivity index (χ3n) is 7.54. The molecule has 5 rings (SSSR count). The first-order valence-corrected chi connectivity index (χ1v) is 14.5. The molecule has 0 bridgehead atoms. The Morgan fingerprint density at radius 3 is 2.25 bits per heavy atom. The second-order valence-electron chi connectivity index (χ2n) is 10.4. The van der Waals surface area contributed by atoms with Crippen LogP contribution in [0.2, 0.25) is 10.0 Å². The molecule has 2 aliphatic heterocycles. The molecule has 11 heteroatoms. The van der Waals surface area contributed by atoms with Crippen LogP contribution in [-0.2, 0) is 11.3 Å². The summed E-state index contributed by atoms with van der Waals surface area (Å²) in [7, 11) is 0. The highest BCUT2D eigenvalue weighted by atomic mass is 35.5. The van der Waals surface area contributed by atoms with Crippen LogP contribution in [0.15, 0.2) is 42.7 Å². The van der Waals surface area contributed by atoms with E-state index in [0.717, 1.165) is 69.8 Å². The largest absolute Gasteiger partial charge is 0.481 e. The van der Waals surface area contributed by atoms with Gasteiger partial charge in [-0.15, -0.1) is 0 Å². The number of benzene rings is 1. The molecule has 0 saturated carbocycles. The Kier molecular flexibility index (Phi) is 9.36. The number of piperidine rings is 1. The van der Waals surface area contributed by atoms with Crippen molar-refractivity contribution in [2.75, 3.05) is 50.7 Å². The average Bonchev–Trinajstić information content (AvgIpc) is 2.94. The van der Waals surface area contributed by atoms with Crippen molar-refractivity contribution in [1.82, 2.24) is 24.8 Å². The van der Waals surface area contributed by atoms with Crippen molar-refractivity contribution >= 4 is 35.1 Å². The minimum Gasteiger partial charge on any atom is -0.481 e. The Morgan fingerprint density at radius 2 is 1.62 bits per heavy atom. The molecule has 0 spiro atoms. The third-order valence-corrected chi connectivity index (χ3v) is 7.97. The number of aromatic nitrogens is 3. The minimum absolute atomic E-state index is 0.229. The number of likely N-dealkylation sites (tertiary alicyclic amines) is 1. The van der Waals surface area contributed by atoms with Gasteiger partial charge in [0.05, 0.1) is 18.1 Å². The number of piperazine rings is 1. The van der Waals surface area contributed by atoms with Crippen LogP contribution >= 0.6 is 23.2 Å². The topological polar surface area (TPSA) is 94.9 Å². The van der Waals surface area contributed by atoms with Gasteiger partial charge in [-0.2, -0.15) is 0 Å². The van der Waals surface area contributed by atoms with Crippen molar-refractivity contribution < 1.29 is 14.6 Å². The zero-order valence-corrected chi connectivity index (χ0v) is 24.1. The Labute approximate surface area is 244 Å². The van der Waals surface area contributed by atoms with Gasteiger partial charge < -0.3 is 19.6 Å². The summed E-state index contributed by atoms with van der Waals surface area (Å²) < 4.78 is 6.16. The maximum Gasteiger partial charge on any atom is 0.303 e. The number of likely N-dealkylation sites (N-methyl/N-ethyl adjacent to an activating group) is 1. The molecule has 40 heavy (non-hydrogen) atoms. The molecule has 212 valence electrons. The van der Waals surface area contributed by atoms with Crippen LogP contribution in [0.5, 0.6) is 11.6 Å². The van der Waals surface area contributed by atoms with E-state index in [1.807, 2.05) is 24.3 Å². The van der Waals surface area contributed by atoms with E-state index in [1.165, 1.54) is 0 Å². The molecule has 2 aromatic heterocycles. The zero-order chi connectivity index (χ0) is 28.1. The molecular weight excluding hydrogens is 551 g/mol.